The summed E-state index contributed by atoms with van der Waals surface area (Å²) in [6, 6.07) is 4.48. The minimum Gasteiger partial charge on any atom is -0.453 e. The molecule has 0 aromatic carbocycles. The van der Waals surface area contributed by atoms with Gasteiger partial charge in [0.2, 0.25) is 11.6 Å². The topological polar surface area (TPSA) is 116 Å². The van der Waals surface area contributed by atoms with E-state index in [1.165, 1.54) is 28.9 Å². The van der Waals surface area contributed by atoms with Crippen LogP contribution in [-0.2, 0) is 19.9 Å². The van der Waals surface area contributed by atoms with Gasteiger partial charge in [-0.05, 0) is 33.7 Å². The van der Waals surface area contributed by atoms with Gasteiger partial charge in [0.25, 0.3) is 5.91 Å². The summed E-state index contributed by atoms with van der Waals surface area (Å²) in [6.45, 7) is 1.94. The lowest BCUT2D eigenvalue weighted by molar-refractivity contribution is -0.965. The van der Waals surface area contributed by atoms with E-state index < -0.39 is 29.6 Å². The number of nitrogens with two attached hydrogens (primary N) is 1. The zero-order valence-electron chi connectivity index (χ0n) is 17.3. The average molecular weight is 475 g/mol. The van der Waals surface area contributed by atoms with Crippen LogP contribution in [0.2, 0.25) is 0 Å². The van der Waals surface area contributed by atoms with E-state index in [1.807, 2.05) is 10.8 Å². The Balaban J connectivity index is 1.43. The fourth-order valence-corrected chi connectivity index (χ4v) is 6.68. The zero-order valence-corrected chi connectivity index (χ0v) is 18.9. The van der Waals surface area contributed by atoms with Gasteiger partial charge in [0.1, 0.15) is 12.8 Å². The van der Waals surface area contributed by atoms with Crippen LogP contribution in [0, 0.1) is 5.92 Å². The molecule has 3 aromatic rings. The monoisotopic (exact) mass is 474 g/mol. The number of ether oxygens (including phenoxy) is 1. The van der Waals surface area contributed by atoms with E-state index >= 15 is 0 Å². The molecule has 3 aromatic heterocycles. The molecule has 2 atom stereocenters. The van der Waals surface area contributed by atoms with Gasteiger partial charge in [-0.1, -0.05) is 5.16 Å². The number of rotatable bonds is 7. The van der Waals surface area contributed by atoms with Gasteiger partial charge in [-0.2, -0.15) is 22.7 Å². The van der Waals surface area contributed by atoms with Crippen LogP contribution in [-0.4, -0.2) is 52.4 Å². The normalized spacial score (nSPS) is 26.0. The maximum atomic E-state index is 13.5. The number of nitrogens with zero attached hydrogens (tertiary/aromatic N) is 2. The van der Waals surface area contributed by atoms with E-state index in [0.717, 1.165) is 25.9 Å². The molecule has 0 saturated carbocycles. The van der Waals surface area contributed by atoms with Gasteiger partial charge in [0.15, 0.2) is 11.8 Å². The van der Waals surface area contributed by atoms with Gasteiger partial charge in [-0.25, -0.2) is 4.79 Å². The Bertz CT molecular complexity index is 1040. The fourth-order valence-electron chi connectivity index (χ4n) is 5.29. The van der Waals surface area contributed by atoms with Gasteiger partial charge >= 0.3 is 5.97 Å². The minimum absolute atomic E-state index is 0.180. The summed E-state index contributed by atoms with van der Waals surface area (Å²) < 4.78 is 11.4. The fraction of sp³-hybridized carbons (Fsp3) is 0.409. The quantitative estimate of drug-likeness (QED) is 0.401. The van der Waals surface area contributed by atoms with Gasteiger partial charge in [-0.15, -0.1) is 0 Å². The number of fused-ring (bicyclic) bond motifs is 3. The largest absolute Gasteiger partial charge is 0.453 e. The number of thiophene rings is 2. The summed E-state index contributed by atoms with van der Waals surface area (Å²) in [7, 11) is 0. The van der Waals surface area contributed by atoms with Crippen molar-refractivity contribution in [3.63, 3.8) is 0 Å². The number of aliphatic hydroxyl groups is 1. The average Bonchev–Trinajstić information content (AvgIpc) is 3.57. The number of amides is 1. The molecule has 1 unspecified atom stereocenters. The molecular weight excluding hydrogens is 450 g/mol. The number of esters is 1. The van der Waals surface area contributed by atoms with E-state index in [-0.39, 0.29) is 5.92 Å². The van der Waals surface area contributed by atoms with Gasteiger partial charge < -0.3 is 24.6 Å². The van der Waals surface area contributed by atoms with Crippen molar-refractivity contribution in [1.82, 2.24) is 5.16 Å². The molecule has 3 aliphatic heterocycles. The Morgan fingerprint density at radius 3 is 2.34 bits per heavy atom. The predicted molar refractivity (Wildman–Crippen MR) is 118 cm³/mol. The number of carbonyl (C=O) groups excluding carboxylic acids is 2. The maximum Gasteiger partial charge on any atom is 0.348 e. The van der Waals surface area contributed by atoms with E-state index in [0.29, 0.717) is 27.8 Å². The Hall–Kier alpha value is -2.53. The zero-order chi connectivity index (χ0) is 22.3. The van der Waals surface area contributed by atoms with Crippen LogP contribution in [0.25, 0.3) is 0 Å². The first-order valence-corrected chi connectivity index (χ1v) is 12.4. The first kappa shape index (κ1) is 21.3. The third kappa shape index (κ3) is 3.38. The number of carbonyl (C=O) groups is 2. The highest BCUT2D eigenvalue weighted by Gasteiger charge is 2.55. The molecule has 3 fully saturated rings. The molecule has 8 nitrogen and oxygen atoms in total. The first-order chi connectivity index (χ1) is 15.4. The number of aromatic nitrogens is 1. The molecule has 2 bridgehead atoms. The van der Waals surface area contributed by atoms with Crippen LogP contribution in [0.15, 0.2) is 50.5 Å². The standard InChI is InChI=1S/C22H23N3O5S2/c23-20(26)19(17-3-8-29-24-17)25-6-1-14(2-7-25)18(11-25)30-21(27)22(28,15-4-9-31-12-15)16-5-10-32-13-16/h3-5,8-10,12-14,18-19,28H,1-2,6-7,11H2,(H-,23,26)/p+1/t14?,18-,19?,25?/m0/s1. The molecule has 0 aliphatic carbocycles. The lowest BCUT2D eigenvalue weighted by Gasteiger charge is -2.54. The van der Waals surface area contributed by atoms with Crippen molar-refractivity contribution in [1.29, 1.82) is 0 Å². The molecule has 10 heteroatoms. The highest BCUT2D eigenvalue weighted by molar-refractivity contribution is 7.08. The van der Waals surface area contributed by atoms with Crippen LogP contribution in [0.4, 0.5) is 0 Å². The van der Waals surface area contributed by atoms with Crippen molar-refractivity contribution < 1.29 is 28.4 Å². The number of hydrogen-bond acceptors (Lipinski definition) is 8. The third-order valence-electron chi connectivity index (χ3n) is 6.95. The second-order valence-corrected chi connectivity index (χ2v) is 10.2. The van der Waals surface area contributed by atoms with Crippen molar-refractivity contribution in [3.05, 3.63) is 62.8 Å². The van der Waals surface area contributed by atoms with Gasteiger partial charge in [0.05, 0.1) is 13.1 Å². The van der Waals surface area contributed by atoms with Crippen LogP contribution in [0.5, 0.6) is 0 Å². The second-order valence-electron chi connectivity index (χ2n) is 8.59. The predicted octanol–water partition coefficient (Wildman–Crippen LogP) is 2.41. The summed E-state index contributed by atoms with van der Waals surface area (Å²) in [4.78, 5) is 25.9. The second kappa shape index (κ2) is 8.11. The Morgan fingerprint density at radius 1 is 1.19 bits per heavy atom. The number of quaternary nitrogens is 1. The Kier molecular flexibility index (Phi) is 5.40. The molecule has 32 heavy (non-hydrogen) atoms. The summed E-state index contributed by atoms with van der Waals surface area (Å²) in [5.41, 5.74) is 5.42. The van der Waals surface area contributed by atoms with Crippen molar-refractivity contribution in [2.75, 3.05) is 19.6 Å². The van der Waals surface area contributed by atoms with Gasteiger partial charge in [0, 0.05) is 36.0 Å². The summed E-state index contributed by atoms with van der Waals surface area (Å²) in [5, 5.41) is 22.7. The van der Waals surface area contributed by atoms with Crippen LogP contribution in [0.1, 0.15) is 35.7 Å². The summed E-state index contributed by atoms with van der Waals surface area (Å²) in [6.07, 6.45) is 2.60. The number of primary amides is 1. The molecule has 1 amide bonds. The minimum atomic E-state index is -1.87. The van der Waals surface area contributed by atoms with E-state index in [9.17, 15) is 14.7 Å². The van der Waals surface area contributed by atoms with Crippen LogP contribution in [0.3, 0.4) is 0 Å². The van der Waals surface area contributed by atoms with E-state index in [4.69, 9.17) is 15.0 Å². The summed E-state index contributed by atoms with van der Waals surface area (Å²) in [5.74, 6) is -0.986. The molecule has 3 N–H and O–H groups in total. The molecular formula is C22H24N3O5S2+. The molecule has 168 valence electrons. The highest BCUT2D eigenvalue weighted by atomic mass is 32.1. The van der Waals surface area contributed by atoms with Crippen LogP contribution < -0.4 is 5.73 Å². The lowest BCUT2D eigenvalue weighted by atomic mass is 9.81. The molecule has 3 saturated heterocycles. The van der Waals surface area contributed by atoms with Crippen molar-refractivity contribution in [3.8, 4) is 0 Å². The highest BCUT2D eigenvalue weighted by Crippen LogP contribution is 2.43. The first-order valence-electron chi connectivity index (χ1n) is 10.5. The number of piperidine rings is 3. The van der Waals surface area contributed by atoms with Crippen LogP contribution >= 0.6 is 22.7 Å². The molecule has 6 rings (SSSR count). The smallest absolute Gasteiger partial charge is 0.348 e. The SMILES string of the molecule is NC(=O)C(c1ccon1)[N+]12CCC(CC1)[C@@H](OC(=O)C(O)(c1ccsc1)c1ccsc1)C2. The molecule has 0 spiro atoms. The van der Waals surface area contributed by atoms with E-state index in [2.05, 4.69) is 5.16 Å². The summed E-state index contributed by atoms with van der Waals surface area (Å²) >= 11 is 2.82. The van der Waals surface area contributed by atoms with Crippen molar-refractivity contribution in [2.24, 2.45) is 11.7 Å². The lowest BCUT2D eigenvalue weighted by Crippen LogP contribution is -2.67. The molecule has 0 radical (unpaired) electrons. The number of hydrogen-bond donors (Lipinski definition) is 2. The third-order valence-corrected chi connectivity index (χ3v) is 8.31. The van der Waals surface area contributed by atoms with Crippen molar-refractivity contribution in [2.45, 2.75) is 30.6 Å². The van der Waals surface area contributed by atoms with E-state index in [1.54, 1.807) is 29.0 Å². The van der Waals surface area contributed by atoms with Gasteiger partial charge in [-0.3, -0.25) is 4.79 Å². The Morgan fingerprint density at radius 2 is 1.84 bits per heavy atom. The maximum absolute atomic E-state index is 13.5. The molecule has 3 aliphatic rings. The van der Waals surface area contributed by atoms with Crippen molar-refractivity contribution >= 4 is 34.6 Å². The Labute approximate surface area is 192 Å². The molecule has 6 heterocycles.